The van der Waals surface area contributed by atoms with Crippen LogP contribution in [0, 0.1) is 5.41 Å². The van der Waals surface area contributed by atoms with Crippen molar-refractivity contribution in [3.05, 3.63) is 35.9 Å². The van der Waals surface area contributed by atoms with Gasteiger partial charge < -0.3 is 9.16 Å². The van der Waals surface area contributed by atoms with E-state index in [2.05, 4.69) is 69.1 Å². The zero-order valence-corrected chi connectivity index (χ0v) is 15.9. The molecule has 4 heteroatoms. The molecule has 0 N–H and O–H groups in total. The fourth-order valence-corrected chi connectivity index (χ4v) is 4.29. The Morgan fingerprint density at radius 1 is 1.27 bits per heavy atom. The van der Waals surface area contributed by atoms with Gasteiger partial charge in [0.15, 0.2) is 9.04 Å². The third kappa shape index (κ3) is 4.91. The van der Waals surface area contributed by atoms with Crippen LogP contribution in [0.4, 0.5) is 0 Å². The lowest BCUT2D eigenvalue weighted by molar-refractivity contribution is -0.0840. The topological polar surface area (TPSA) is 21.7 Å². The molecular formula is C18H31NO2Si. The van der Waals surface area contributed by atoms with Crippen LogP contribution in [-0.4, -0.2) is 45.8 Å². The van der Waals surface area contributed by atoms with Crippen LogP contribution in [0.5, 0.6) is 0 Å². The van der Waals surface area contributed by atoms with E-state index in [9.17, 15) is 0 Å². The van der Waals surface area contributed by atoms with Crippen LogP contribution < -0.4 is 0 Å². The normalized spacial score (nSPS) is 22.0. The Morgan fingerprint density at radius 3 is 2.55 bits per heavy atom. The molecule has 0 spiro atoms. The fourth-order valence-electron chi connectivity index (χ4n) is 3.12. The minimum Gasteiger partial charge on any atom is -0.415 e. The smallest absolute Gasteiger partial charge is 0.171 e. The van der Waals surface area contributed by atoms with E-state index in [4.69, 9.17) is 9.16 Å². The summed E-state index contributed by atoms with van der Waals surface area (Å²) in [6, 6.07) is 11.1. The van der Waals surface area contributed by atoms with Crippen molar-refractivity contribution >= 4 is 9.04 Å². The first-order valence-electron chi connectivity index (χ1n) is 8.39. The second kappa shape index (κ2) is 7.73. The fraction of sp³-hybridized carbons (Fsp3) is 0.667. The Kier molecular flexibility index (Phi) is 6.21. The van der Waals surface area contributed by atoms with Gasteiger partial charge in [0.05, 0.1) is 25.4 Å². The molecule has 0 aliphatic carbocycles. The first kappa shape index (κ1) is 17.7. The van der Waals surface area contributed by atoms with Gasteiger partial charge >= 0.3 is 0 Å². The van der Waals surface area contributed by atoms with E-state index in [0.717, 1.165) is 26.3 Å². The Balaban J connectivity index is 2.16. The van der Waals surface area contributed by atoms with Crippen molar-refractivity contribution in [2.75, 3.05) is 19.8 Å². The average molecular weight is 322 g/mol. The number of nitrogens with zero attached hydrogens (tertiary/aromatic N) is 1. The minimum atomic E-state index is -1.09. The Hall–Kier alpha value is -0.683. The monoisotopic (exact) mass is 321 g/mol. The van der Waals surface area contributed by atoms with E-state index in [1.54, 1.807) is 0 Å². The summed E-state index contributed by atoms with van der Waals surface area (Å²) in [4.78, 5) is 2.55. The zero-order chi connectivity index (χ0) is 16.2. The Morgan fingerprint density at radius 2 is 1.95 bits per heavy atom. The minimum absolute atomic E-state index is 0.123. The summed E-state index contributed by atoms with van der Waals surface area (Å²) in [5.41, 5.74) is 1.49. The van der Waals surface area contributed by atoms with Crippen LogP contribution in [0.2, 0.25) is 13.1 Å². The van der Waals surface area contributed by atoms with Crippen LogP contribution in [0.25, 0.3) is 0 Å². The van der Waals surface area contributed by atoms with E-state index in [1.807, 2.05) is 0 Å². The Bertz CT molecular complexity index is 444. The molecule has 0 radical (unpaired) electrons. The van der Waals surface area contributed by atoms with Crippen LogP contribution in [0.1, 0.15) is 26.3 Å². The van der Waals surface area contributed by atoms with Crippen LogP contribution >= 0.6 is 0 Å². The van der Waals surface area contributed by atoms with Gasteiger partial charge in [-0.25, -0.2) is 0 Å². The molecule has 1 aromatic carbocycles. The van der Waals surface area contributed by atoms with Gasteiger partial charge in [0.2, 0.25) is 0 Å². The van der Waals surface area contributed by atoms with Gasteiger partial charge in [0, 0.05) is 13.1 Å². The molecule has 1 aliphatic rings. The van der Waals surface area contributed by atoms with Crippen molar-refractivity contribution in [3.63, 3.8) is 0 Å². The first-order valence-corrected chi connectivity index (χ1v) is 11.2. The Labute approximate surface area is 137 Å². The number of morpholine rings is 1. The first-order chi connectivity index (χ1) is 10.4. The predicted molar refractivity (Wildman–Crippen MR) is 94.7 cm³/mol. The molecule has 1 aliphatic heterocycles. The van der Waals surface area contributed by atoms with Gasteiger partial charge in [-0.05, 0) is 24.1 Å². The second-order valence-electron chi connectivity index (χ2n) is 7.57. The van der Waals surface area contributed by atoms with Gasteiger partial charge in [-0.1, -0.05) is 51.1 Å². The number of rotatable bonds is 5. The average Bonchev–Trinajstić information content (AvgIpc) is 2.45. The lowest BCUT2D eigenvalue weighted by Crippen LogP contribution is -2.56. The molecule has 1 aromatic rings. The van der Waals surface area contributed by atoms with Gasteiger partial charge in [0.1, 0.15) is 0 Å². The summed E-state index contributed by atoms with van der Waals surface area (Å²) in [6.45, 7) is 14.9. The summed E-state index contributed by atoms with van der Waals surface area (Å²) >= 11 is 0. The van der Waals surface area contributed by atoms with E-state index < -0.39 is 9.04 Å². The van der Waals surface area contributed by atoms with Gasteiger partial charge in [-0.3, -0.25) is 4.90 Å². The maximum atomic E-state index is 6.44. The van der Waals surface area contributed by atoms with E-state index in [0.29, 0.717) is 6.04 Å². The molecule has 1 heterocycles. The summed E-state index contributed by atoms with van der Waals surface area (Å²) in [7, 11) is -1.09. The quantitative estimate of drug-likeness (QED) is 0.777. The van der Waals surface area contributed by atoms with E-state index >= 15 is 0 Å². The van der Waals surface area contributed by atoms with Crippen molar-refractivity contribution in [2.24, 2.45) is 5.41 Å². The number of hydrogen-bond donors (Lipinski definition) is 0. The molecule has 0 amide bonds. The highest BCUT2D eigenvalue weighted by Crippen LogP contribution is 2.30. The molecule has 0 bridgehead atoms. The predicted octanol–water partition coefficient (Wildman–Crippen LogP) is 3.30. The molecule has 0 aromatic heterocycles. The third-order valence-electron chi connectivity index (χ3n) is 4.13. The zero-order valence-electron chi connectivity index (χ0n) is 14.7. The lowest BCUT2D eigenvalue weighted by atomic mass is 9.84. The molecule has 2 atom stereocenters. The number of ether oxygens (including phenoxy) is 1. The van der Waals surface area contributed by atoms with Gasteiger partial charge in [0.25, 0.3) is 0 Å². The van der Waals surface area contributed by atoms with Crippen molar-refractivity contribution < 1.29 is 9.16 Å². The molecule has 2 unspecified atom stereocenters. The maximum absolute atomic E-state index is 6.44. The lowest BCUT2D eigenvalue weighted by Gasteiger charge is -2.45. The highest BCUT2D eigenvalue weighted by molar-refractivity contribution is 6.48. The van der Waals surface area contributed by atoms with Crippen molar-refractivity contribution in [3.8, 4) is 0 Å². The molecule has 0 saturated carbocycles. The number of benzene rings is 1. The highest BCUT2D eigenvalue weighted by Gasteiger charge is 2.38. The van der Waals surface area contributed by atoms with Gasteiger partial charge in [-0.15, -0.1) is 0 Å². The van der Waals surface area contributed by atoms with Crippen molar-refractivity contribution in [1.29, 1.82) is 0 Å². The summed E-state index contributed by atoms with van der Waals surface area (Å²) in [5.74, 6) is 0. The maximum Gasteiger partial charge on any atom is 0.171 e. The molecule has 22 heavy (non-hydrogen) atoms. The molecule has 1 fully saturated rings. The van der Waals surface area contributed by atoms with E-state index in [1.165, 1.54) is 5.56 Å². The number of hydrogen-bond acceptors (Lipinski definition) is 3. The SMILES string of the molecule is C[SiH](C)OC(C1COCCN1Cc1ccccc1)C(C)(C)C. The standard InChI is InChI=1S/C18H31NO2Si/c1-18(2,3)17(21-22(4)5)16-14-20-12-11-19(16)13-15-9-7-6-8-10-15/h6-10,16-17,22H,11-14H2,1-5H3. The van der Waals surface area contributed by atoms with Gasteiger partial charge in [-0.2, -0.15) is 0 Å². The largest absolute Gasteiger partial charge is 0.415 e. The molecule has 3 nitrogen and oxygen atoms in total. The summed E-state index contributed by atoms with van der Waals surface area (Å²) in [6.07, 6.45) is 0.225. The van der Waals surface area contributed by atoms with Crippen LogP contribution in [0.3, 0.4) is 0 Å². The van der Waals surface area contributed by atoms with E-state index in [-0.39, 0.29) is 11.5 Å². The van der Waals surface area contributed by atoms with Crippen LogP contribution in [0.15, 0.2) is 30.3 Å². The molecule has 2 rings (SSSR count). The molecule has 124 valence electrons. The van der Waals surface area contributed by atoms with Crippen molar-refractivity contribution in [2.45, 2.75) is 52.6 Å². The molecular weight excluding hydrogens is 290 g/mol. The second-order valence-corrected chi connectivity index (χ2v) is 9.94. The van der Waals surface area contributed by atoms with Crippen molar-refractivity contribution in [1.82, 2.24) is 4.90 Å². The summed E-state index contributed by atoms with van der Waals surface area (Å²) in [5, 5.41) is 0. The molecule has 1 saturated heterocycles. The van der Waals surface area contributed by atoms with Crippen LogP contribution in [-0.2, 0) is 15.7 Å². The summed E-state index contributed by atoms with van der Waals surface area (Å²) < 4.78 is 12.2. The third-order valence-corrected chi connectivity index (χ3v) is 4.97. The highest BCUT2D eigenvalue weighted by atomic mass is 28.3.